The Labute approximate surface area is 87.0 Å². The summed E-state index contributed by atoms with van der Waals surface area (Å²) in [5, 5.41) is 3.53. The molecule has 0 spiro atoms. The Kier molecular flexibility index (Phi) is 2.50. The number of nitrogens with zero attached hydrogens (tertiary/aromatic N) is 1. The molecule has 3 fully saturated rings. The summed E-state index contributed by atoms with van der Waals surface area (Å²) in [4.78, 5) is 2.75. The van der Waals surface area contributed by atoms with E-state index in [0.29, 0.717) is 0 Å². The maximum atomic E-state index is 3.53. The van der Waals surface area contributed by atoms with Crippen molar-refractivity contribution in [3.63, 3.8) is 0 Å². The van der Waals surface area contributed by atoms with Crippen LogP contribution in [0.4, 0.5) is 0 Å². The number of rotatable bonds is 3. The van der Waals surface area contributed by atoms with Crippen molar-refractivity contribution in [1.82, 2.24) is 10.2 Å². The van der Waals surface area contributed by atoms with Crippen LogP contribution < -0.4 is 5.32 Å². The normalized spacial score (nSPS) is 38.6. The molecular weight excluding hydrogens is 172 g/mol. The van der Waals surface area contributed by atoms with E-state index >= 15 is 0 Å². The van der Waals surface area contributed by atoms with E-state index in [1.165, 1.54) is 58.3 Å². The lowest BCUT2D eigenvalue weighted by molar-refractivity contribution is 0.201. The van der Waals surface area contributed by atoms with Crippen LogP contribution in [0.5, 0.6) is 0 Å². The van der Waals surface area contributed by atoms with Crippen molar-refractivity contribution < 1.29 is 0 Å². The van der Waals surface area contributed by atoms with Gasteiger partial charge in [-0.15, -0.1) is 0 Å². The summed E-state index contributed by atoms with van der Waals surface area (Å²) in [5.74, 6) is 2.07. The van der Waals surface area contributed by atoms with Gasteiger partial charge in [-0.25, -0.2) is 0 Å². The highest BCUT2D eigenvalue weighted by atomic mass is 15.2. The summed E-state index contributed by atoms with van der Waals surface area (Å²) in [5.41, 5.74) is 0. The molecule has 0 aromatic heterocycles. The van der Waals surface area contributed by atoms with Crippen LogP contribution >= 0.6 is 0 Å². The van der Waals surface area contributed by atoms with Crippen molar-refractivity contribution in [2.75, 3.05) is 26.2 Å². The number of fused-ring (bicyclic) bond motifs is 1. The zero-order valence-electron chi connectivity index (χ0n) is 9.04. The second kappa shape index (κ2) is 3.82. The van der Waals surface area contributed by atoms with Crippen LogP contribution in [0.2, 0.25) is 0 Å². The average Bonchev–Trinajstić information content (AvgIpc) is 2.65. The van der Waals surface area contributed by atoms with Gasteiger partial charge in [0, 0.05) is 12.6 Å². The maximum Gasteiger partial charge on any atom is 0.0261 e. The average molecular weight is 194 g/mol. The van der Waals surface area contributed by atoms with Gasteiger partial charge in [-0.2, -0.15) is 0 Å². The molecule has 2 heteroatoms. The molecule has 1 saturated carbocycles. The Bertz CT molecular complexity index is 200. The van der Waals surface area contributed by atoms with Crippen molar-refractivity contribution >= 4 is 0 Å². The van der Waals surface area contributed by atoms with Crippen LogP contribution in [-0.2, 0) is 0 Å². The van der Waals surface area contributed by atoms with Crippen molar-refractivity contribution in [2.24, 2.45) is 11.8 Å². The number of hydrogen-bond donors (Lipinski definition) is 1. The molecule has 0 unspecified atom stereocenters. The fraction of sp³-hybridized carbons (Fsp3) is 1.00. The van der Waals surface area contributed by atoms with Crippen LogP contribution in [0.25, 0.3) is 0 Å². The first-order valence-corrected chi connectivity index (χ1v) is 6.38. The fourth-order valence-corrected chi connectivity index (χ4v) is 3.35. The monoisotopic (exact) mass is 194 g/mol. The summed E-state index contributed by atoms with van der Waals surface area (Å²) < 4.78 is 0. The van der Waals surface area contributed by atoms with E-state index < -0.39 is 0 Å². The Morgan fingerprint density at radius 3 is 2.86 bits per heavy atom. The summed E-state index contributed by atoms with van der Waals surface area (Å²) in [6.45, 7) is 5.30. The molecule has 14 heavy (non-hydrogen) atoms. The minimum absolute atomic E-state index is 0.898. The third-order valence-corrected chi connectivity index (χ3v) is 4.61. The van der Waals surface area contributed by atoms with Crippen LogP contribution in [0.1, 0.15) is 32.1 Å². The Morgan fingerprint density at radius 2 is 2.07 bits per heavy atom. The summed E-state index contributed by atoms with van der Waals surface area (Å²) in [6, 6.07) is 0.898. The molecule has 2 nitrogen and oxygen atoms in total. The predicted octanol–water partition coefficient (Wildman–Crippen LogP) is 1.47. The van der Waals surface area contributed by atoms with Crippen molar-refractivity contribution in [3.8, 4) is 0 Å². The number of hydrogen-bond acceptors (Lipinski definition) is 2. The molecule has 80 valence electrons. The van der Waals surface area contributed by atoms with E-state index in [9.17, 15) is 0 Å². The van der Waals surface area contributed by atoms with Gasteiger partial charge in [0.05, 0.1) is 0 Å². The van der Waals surface area contributed by atoms with Crippen LogP contribution in [0, 0.1) is 11.8 Å². The largest absolute Gasteiger partial charge is 0.315 e. The molecule has 2 atom stereocenters. The van der Waals surface area contributed by atoms with Crippen LogP contribution in [0.15, 0.2) is 0 Å². The molecule has 0 aromatic carbocycles. The Morgan fingerprint density at radius 1 is 1.14 bits per heavy atom. The van der Waals surface area contributed by atoms with E-state index in [2.05, 4.69) is 10.2 Å². The first-order valence-electron chi connectivity index (χ1n) is 6.38. The topological polar surface area (TPSA) is 15.3 Å². The smallest absolute Gasteiger partial charge is 0.0261 e. The highest BCUT2D eigenvalue weighted by molar-refractivity contribution is 4.94. The van der Waals surface area contributed by atoms with Gasteiger partial charge in [-0.1, -0.05) is 19.3 Å². The van der Waals surface area contributed by atoms with Crippen LogP contribution in [-0.4, -0.2) is 37.1 Å². The van der Waals surface area contributed by atoms with Crippen LogP contribution in [0.3, 0.4) is 0 Å². The van der Waals surface area contributed by atoms with Gasteiger partial charge >= 0.3 is 0 Å². The van der Waals surface area contributed by atoms with Crippen molar-refractivity contribution in [2.45, 2.75) is 38.1 Å². The highest BCUT2D eigenvalue weighted by Gasteiger charge is 2.37. The standard InChI is InChI=1S/C12H22N2/c1-2-10(3-1)4-6-14-7-5-11-8-13-9-12(11)14/h10-13H,1-9H2/t11-,12+/m1/s1. The zero-order chi connectivity index (χ0) is 9.38. The molecule has 2 aliphatic heterocycles. The Balaban J connectivity index is 1.47. The van der Waals surface area contributed by atoms with Gasteiger partial charge in [-0.3, -0.25) is 4.90 Å². The number of nitrogens with one attached hydrogen (secondary N) is 1. The maximum absolute atomic E-state index is 3.53. The lowest BCUT2D eigenvalue weighted by Crippen LogP contribution is -2.36. The first kappa shape index (κ1) is 9.17. The fourth-order valence-electron chi connectivity index (χ4n) is 3.35. The lowest BCUT2D eigenvalue weighted by atomic mass is 9.83. The van der Waals surface area contributed by atoms with Crippen molar-refractivity contribution in [3.05, 3.63) is 0 Å². The quantitative estimate of drug-likeness (QED) is 0.732. The third-order valence-electron chi connectivity index (χ3n) is 4.61. The minimum Gasteiger partial charge on any atom is -0.315 e. The van der Waals surface area contributed by atoms with E-state index in [4.69, 9.17) is 0 Å². The van der Waals surface area contributed by atoms with E-state index in [0.717, 1.165) is 17.9 Å². The molecule has 0 aromatic rings. The molecule has 0 radical (unpaired) electrons. The van der Waals surface area contributed by atoms with Gasteiger partial charge in [0.1, 0.15) is 0 Å². The molecule has 1 N–H and O–H groups in total. The second-order valence-electron chi connectivity index (χ2n) is 5.40. The molecule has 0 amide bonds. The molecule has 3 rings (SSSR count). The third kappa shape index (κ3) is 1.59. The second-order valence-corrected chi connectivity index (χ2v) is 5.40. The van der Waals surface area contributed by atoms with Gasteiger partial charge in [0.25, 0.3) is 0 Å². The minimum atomic E-state index is 0.898. The van der Waals surface area contributed by atoms with Gasteiger partial charge in [0.15, 0.2) is 0 Å². The molecule has 1 aliphatic carbocycles. The Hall–Kier alpha value is -0.0800. The highest BCUT2D eigenvalue weighted by Crippen LogP contribution is 2.32. The van der Waals surface area contributed by atoms with Crippen molar-refractivity contribution in [1.29, 1.82) is 0 Å². The summed E-state index contributed by atoms with van der Waals surface area (Å²) in [6.07, 6.45) is 7.45. The lowest BCUT2D eigenvalue weighted by Gasteiger charge is -2.29. The van der Waals surface area contributed by atoms with E-state index in [1.54, 1.807) is 0 Å². The summed E-state index contributed by atoms with van der Waals surface area (Å²) in [7, 11) is 0. The molecular formula is C12H22N2. The van der Waals surface area contributed by atoms with Gasteiger partial charge in [-0.05, 0) is 44.3 Å². The molecule has 3 aliphatic rings. The molecule has 0 bridgehead atoms. The van der Waals surface area contributed by atoms with E-state index in [-0.39, 0.29) is 0 Å². The van der Waals surface area contributed by atoms with Gasteiger partial charge in [0.2, 0.25) is 0 Å². The number of likely N-dealkylation sites (tertiary alicyclic amines) is 1. The predicted molar refractivity (Wildman–Crippen MR) is 58.3 cm³/mol. The first-order chi connectivity index (χ1) is 6.93. The SMILES string of the molecule is C1CC(CCN2CC[C@@H]3CNC[C@@H]32)C1. The molecule has 2 saturated heterocycles. The summed E-state index contributed by atoms with van der Waals surface area (Å²) >= 11 is 0. The van der Waals surface area contributed by atoms with Gasteiger partial charge < -0.3 is 5.32 Å². The molecule has 2 heterocycles. The zero-order valence-corrected chi connectivity index (χ0v) is 9.04. The van der Waals surface area contributed by atoms with E-state index in [1.807, 2.05) is 0 Å².